The maximum atomic E-state index is 11.7. The minimum absolute atomic E-state index is 0.355. The molecule has 5 heteroatoms. The van der Waals surface area contributed by atoms with Gasteiger partial charge in [-0.2, -0.15) is 0 Å². The second-order valence-electron chi connectivity index (χ2n) is 5.24. The average Bonchev–Trinajstić information content (AvgIpc) is 2.55. The third-order valence-electron chi connectivity index (χ3n) is 3.72. The predicted octanol–water partition coefficient (Wildman–Crippen LogP) is 2.72. The van der Waals surface area contributed by atoms with Crippen LogP contribution in [0.4, 0.5) is 0 Å². The molecule has 0 saturated heterocycles. The monoisotopic (exact) mass is 330 g/mol. The van der Waals surface area contributed by atoms with Crippen LogP contribution in [0.3, 0.4) is 0 Å². The lowest BCUT2D eigenvalue weighted by Crippen LogP contribution is -2.80. The van der Waals surface area contributed by atoms with Gasteiger partial charge >= 0.3 is 5.63 Å². The highest BCUT2D eigenvalue weighted by atomic mass is 35.5. The van der Waals surface area contributed by atoms with E-state index in [9.17, 15) is 4.79 Å². The number of hydrogen-bond donors (Lipinski definition) is 1. The fraction of sp³-hybridized carbons (Fsp3) is 0.167. The van der Waals surface area contributed by atoms with Gasteiger partial charge in [-0.15, -0.1) is 0 Å². The maximum absolute atomic E-state index is 11.7. The van der Waals surface area contributed by atoms with E-state index < -0.39 is 0 Å². The van der Waals surface area contributed by atoms with E-state index in [1.54, 1.807) is 13.2 Å². The van der Waals surface area contributed by atoms with Crippen molar-refractivity contribution in [2.45, 2.75) is 13.1 Å². The molecular weight excluding hydrogens is 314 g/mol. The molecule has 1 aromatic heterocycles. The van der Waals surface area contributed by atoms with Crippen molar-refractivity contribution in [3.8, 4) is 5.75 Å². The molecule has 118 valence electrons. The first-order valence-corrected chi connectivity index (χ1v) is 7.71. The zero-order valence-corrected chi connectivity index (χ0v) is 13.5. The van der Waals surface area contributed by atoms with Crippen molar-refractivity contribution < 1.29 is 14.5 Å². The Morgan fingerprint density at radius 1 is 1.09 bits per heavy atom. The smallest absolute Gasteiger partial charge is 0.336 e. The zero-order chi connectivity index (χ0) is 16.2. The Hall–Kier alpha value is -2.30. The summed E-state index contributed by atoms with van der Waals surface area (Å²) in [4.78, 5) is 11.7. The molecule has 23 heavy (non-hydrogen) atoms. The fourth-order valence-corrected chi connectivity index (χ4v) is 2.77. The van der Waals surface area contributed by atoms with Gasteiger partial charge in [0.1, 0.15) is 24.4 Å². The molecule has 0 aliphatic carbocycles. The Balaban J connectivity index is 1.82. The number of rotatable bonds is 5. The molecule has 2 N–H and O–H groups in total. The highest BCUT2D eigenvalue weighted by Gasteiger charge is 2.09. The third-order valence-corrected chi connectivity index (χ3v) is 4.09. The zero-order valence-electron chi connectivity index (χ0n) is 12.7. The van der Waals surface area contributed by atoms with Gasteiger partial charge in [0.25, 0.3) is 0 Å². The lowest BCUT2D eigenvalue weighted by atomic mass is 10.1. The third kappa shape index (κ3) is 3.55. The Morgan fingerprint density at radius 3 is 2.65 bits per heavy atom. The number of halogens is 1. The van der Waals surface area contributed by atoms with Crippen molar-refractivity contribution >= 4 is 22.6 Å². The van der Waals surface area contributed by atoms with Gasteiger partial charge in [0.15, 0.2) is 0 Å². The van der Waals surface area contributed by atoms with Gasteiger partial charge in [-0.3, -0.25) is 0 Å². The Kier molecular flexibility index (Phi) is 4.65. The average molecular weight is 331 g/mol. The number of quaternary nitrogens is 1. The lowest BCUT2D eigenvalue weighted by molar-refractivity contribution is -0.686. The van der Waals surface area contributed by atoms with E-state index in [0.717, 1.165) is 28.1 Å². The van der Waals surface area contributed by atoms with Gasteiger partial charge < -0.3 is 14.5 Å². The van der Waals surface area contributed by atoms with Crippen LogP contribution in [0.1, 0.15) is 11.1 Å². The SMILES string of the molecule is COc1ccc2c(C[NH2+]Cc3ccccc3Cl)cc(=O)oc2c1. The number of methoxy groups -OCH3 is 1. The molecule has 2 aromatic carbocycles. The molecule has 4 nitrogen and oxygen atoms in total. The van der Waals surface area contributed by atoms with Crippen LogP contribution in [0.15, 0.2) is 57.7 Å². The van der Waals surface area contributed by atoms with Crippen molar-refractivity contribution in [1.29, 1.82) is 0 Å². The molecule has 0 saturated carbocycles. The molecule has 3 rings (SSSR count). The van der Waals surface area contributed by atoms with Gasteiger partial charge in [-0.25, -0.2) is 4.79 Å². The highest BCUT2D eigenvalue weighted by molar-refractivity contribution is 6.31. The first-order valence-electron chi connectivity index (χ1n) is 7.33. The van der Waals surface area contributed by atoms with Crippen molar-refractivity contribution in [2.75, 3.05) is 7.11 Å². The van der Waals surface area contributed by atoms with Gasteiger partial charge in [0, 0.05) is 33.7 Å². The van der Waals surface area contributed by atoms with E-state index in [4.69, 9.17) is 20.8 Å². The molecule has 0 unspecified atom stereocenters. The summed E-state index contributed by atoms with van der Waals surface area (Å²) in [5, 5.41) is 3.78. The second-order valence-corrected chi connectivity index (χ2v) is 5.65. The molecule has 0 aliphatic heterocycles. The summed E-state index contributed by atoms with van der Waals surface area (Å²) in [6, 6.07) is 14.8. The molecule has 0 aliphatic rings. The summed E-state index contributed by atoms with van der Waals surface area (Å²) in [5.74, 6) is 0.665. The van der Waals surface area contributed by atoms with E-state index in [-0.39, 0.29) is 5.63 Å². The van der Waals surface area contributed by atoms with Crippen molar-refractivity contribution in [1.82, 2.24) is 0 Å². The summed E-state index contributed by atoms with van der Waals surface area (Å²) in [5.41, 5.74) is 2.19. The summed E-state index contributed by atoms with van der Waals surface area (Å²) in [6.07, 6.45) is 0. The van der Waals surface area contributed by atoms with Crippen LogP contribution in [-0.4, -0.2) is 7.11 Å². The molecule has 0 radical (unpaired) electrons. The Labute approximate surface area is 138 Å². The molecule has 3 aromatic rings. The topological polar surface area (TPSA) is 56.0 Å². The minimum atomic E-state index is -0.355. The summed E-state index contributed by atoms with van der Waals surface area (Å²) < 4.78 is 10.4. The molecule has 0 fully saturated rings. The van der Waals surface area contributed by atoms with E-state index in [2.05, 4.69) is 5.32 Å². The molecular formula is C18H17ClNO3+. The second kappa shape index (κ2) is 6.86. The van der Waals surface area contributed by atoms with Crippen molar-refractivity contribution in [3.05, 3.63) is 75.1 Å². The quantitative estimate of drug-likeness (QED) is 0.732. The molecule has 0 atom stereocenters. The Bertz CT molecular complexity index is 889. The molecule has 0 amide bonds. The van der Waals surface area contributed by atoms with E-state index >= 15 is 0 Å². The summed E-state index contributed by atoms with van der Waals surface area (Å²) >= 11 is 6.16. The van der Waals surface area contributed by atoms with Crippen LogP contribution in [0, 0.1) is 0 Å². The molecule has 0 bridgehead atoms. The largest absolute Gasteiger partial charge is 0.497 e. The molecule has 0 spiro atoms. The van der Waals surface area contributed by atoms with Gasteiger partial charge in [-0.1, -0.05) is 29.8 Å². The Morgan fingerprint density at radius 2 is 1.87 bits per heavy atom. The number of fused-ring (bicyclic) bond motifs is 1. The van der Waals surface area contributed by atoms with Crippen molar-refractivity contribution in [2.24, 2.45) is 0 Å². The standard InChI is InChI=1S/C18H16ClNO3/c1-22-14-6-7-15-13(8-18(21)23-17(15)9-14)11-20-10-12-4-2-3-5-16(12)19/h2-9,20H,10-11H2,1H3/p+1. The van der Waals surface area contributed by atoms with Crippen LogP contribution >= 0.6 is 11.6 Å². The maximum Gasteiger partial charge on any atom is 0.336 e. The number of nitrogens with two attached hydrogens (primary N) is 1. The normalized spacial score (nSPS) is 10.9. The summed E-state index contributed by atoms with van der Waals surface area (Å²) in [7, 11) is 1.58. The minimum Gasteiger partial charge on any atom is -0.497 e. The van der Waals surface area contributed by atoms with E-state index in [1.165, 1.54) is 6.07 Å². The van der Waals surface area contributed by atoms with Crippen LogP contribution in [0.5, 0.6) is 5.75 Å². The predicted molar refractivity (Wildman–Crippen MR) is 89.8 cm³/mol. The summed E-state index contributed by atoms with van der Waals surface area (Å²) in [6.45, 7) is 1.41. The van der Waals surface area contributed by atoms with Gasteiger partial charge in [-0.05, 0) is 18.2 Å². The lowest BCUT2D eigenvalue weighted by Gasteiger charge is -2.07. The van der Waals surface area contributed by atoms with Crippen LogP contribution in [0.2, 0.25) is 5.02 Å². The van der Waals surface area contributed by atoms with E-state index in [0.29, 0.717) is 17.9 Å². The van der Waals surface area contributed by atoms with Gasteiger partial charge in [0.2, 0.25) is 0 Å². The first kappa shape index (κ1) is 15.6. The number of hydrogen-bond acceptors (Lipinski definition) is 3. The van der Waals surface area contributed by atoms with E-state index in [1.807, 2.05) is 36.4 Å². The molecule has 1 heterocycles. The fourth-order valence-electron chi connectivity index (χ4n) is 2.55. The van der Waals surface area contributed by atoms with Crippen LogP contribution in [0.25, 0.3) is 11.0 Å². The van der Waals surface area contributed by atoms with Crippen LogP contribution < -0.4 is 15.7 Å². The van der Waals surface area contributed by atoms with Crippen molar-refractivity contribution in [3.63, 3.8) is 0 Å². The highest BCUT2D eigenvalue weighted by Crippen LogP contribution is 2.22. The van der Waals surface area contributed by atoms with Crippen LogP contribution in [-0.2, 0) is 13.1 Å². The number of benzene rings is 2. The first-order chi connectivity index (χ1) is 11.2. The number of ether oxygens (including phenoxy) is 1. The van der Waals surface area contributed by atoms with Gasteiger partial charge in [0.05, 0.1) is 7.11 Å².